The molecule has 1 aromatic carbocycles. The second-order valence-corrected chi connectivity index (χ2v) is 3.88. The number of nitrogens with zero attached hydrogens (tertiary/aromatic N) is 1. The van der Waals surface area contributed by atoms with Gasteiger partial charge in [-0.3, -0.25) is 0 Å². The molecule has 0 spiro atoms. The molecule has 88 valence electrons. The zero-order valence-corrected chi connectivity index (χ0v) is 10.1. The molecular weight excluding hydrogens is 212 g/mol. The number of hydrogen-bond acceptors (Lipinski definition) is 3. The molecular formula is C14H16N2O. The Labute approximate surface area is 101 Å². The quantitative estimate of drug-likeness (QED) is 0.878. The standard InChI is InChI=1S/C14H16N2O/c1-3-17-12-5-4-10(2)13(9-12)11-6-7-16-14(15)8-11/h4-9H,3H2,1-2H3,(H2,15,16). The van der Waals surface area contributed by atoms with Gasteiger partial charge in [0, 0.05) is 6.20 Å². The van der Waals surface area contributed by atoms with Crippen LogP contribution < -0.4 is 10.5 Å². The highest BCUT2D eigenvalue weighted by Gasteiger charge is 2.04. The predicted molar refractivity (Wildman–Crippen MR) is 70.0 cm³/mol. The average Bonchev–Trinajstić information content (AvgIpc) is 2.32. The summed E-state index contributed by atoms with van der Waals surface area (Å²) in [7, 11) is 0. The van der Waals surface area contributed by atoms with Gasteiger partial charge in [0.15, 0.2) is 0 Å². The van der Waals surface area contributed by atoms with E-state index in [0.717, 1.165) is 16.9 Å². The molecule has 0 aliphatic carbocycles. The fourth-order valence-electron chi connectivity index (χ4n) is 1.78. The Bertz CT molecular complexity index is 523. The van der Waals surface area contributed by atoms with Gasteiger partial charge in [0.1, 0.15) is 11.6 Å². The molecule has 17 heavy (non-hydrogen) atoms. The average molecular weight is 228 g/mol. The molecule has 0 radical (unpaired) electrons. The molecule has 0 amide bonds. The molecule has 0 unspecified atom stereocenters. The van der Waals surface area contributed by atoms with Crippen LogP contribution in [0.1, 0.15) is 12.5 Å². The zero-order chi connectivity index (χ0) is 12.3. The third-order valence-corrected chi connectivity index (χ3v) is 2.61. The molecule has 0 saturated heterocycles. The highest BCUT2D eigenvalue weighted by molar-refractivity contribution is 5.70. The number of rotatable bonds is 3. The number of aryl methyl sites for hydroxylation is 1. The maximum Gasteiger partial charge on any atom is 0.123 e. The summed E-state index contributed by atoms with van der Waals surface area (Å²) in [6.07, 6.45) is 1.72. The van der Waals surface area contributed by atoms with Crippen molar-refractivity contribution in [3.63, 3.8) is 0 Å². The fraction of sp³-hybridized carbons (Fsp3) is 0.214. The van der Waals surface area contributed by atoms with Crippen LogP contribution in [0, 0.1) is 6.92 Å². The van der Waals surface area contributed by atoms with Gasteiger partial charge in [-0.15, -0.1) is 0 Å². The van der Waals surface area contributed by atoms with Crippen molar-refractivity contribution in [2.24, 2.45) is 0 Å². The van der Waals surface area contributed by atoms with Gasteiger partial charge < -0.3 is 10.5 Å². The monoisotopic (exact) mass is 228 g/mol. The molecule has 0 fully saturated rings. The van der Waals surface area contributed by atoms with E-state index in [1.165, 1.54) is 5.56 Å². The van der Waals surface area contributed by atoms with Crippen molar-refractivity contribution in [1.29, 1.82) is 0 Å². The molecule has 0 saturated carbocycles. The first-order chi connectivity index (χ1) is 8.20. The van der Waals surface area contributed by atoms with Gasteiger partial charge in [-0.25, -0.2) is 4.98 Å². The minimum atomic E-state index is 0.531. The molecule has 3 nitrogen and oxygen atoms in total. The number of benzene rings is 1. The number of pyridine rings is 1. The fourth-order valence-corrected chi connectivity index (χ4v) is 1.78. The van der Waals surface area contributed by atoms with Crippen molar-refractivity contribution >= 4 is 5.82 Å². The first kappa shape index (κ1) is 11.5. The van der Waals surface area contributed by atoms with Gasteiger partial charge in [-0.05, 0) is 54.8 Å². The molecule has 1 heterocycles. The van der Waals surface area contributed by atoms with E-state index in [-0.39, 0.29) is 0 Å². The van der Waals surface area contributed by atoms with Gasteiger partial charge >= 0.3 is 0 Å². The first-order valence-electron chi connectivity index (χ1n) is 5.66. The summed E-state index contributed by atoms with van der Waals surface area (Å²) in [5.74, 6) is 1.41. The Balaban J connectivity index is 2.46. The minimum Gasteiger partial charge on any atom is -0.494 e. The summed E-state index contributed by atoms with van der Waals surface area (Å²) >= 11 is 0. The summed E-state index contributed by atoms with van der Waals surface area (Å²) in [5.41, 5.74) is 9.09. The van der Waals surface area contributed by atoms with E-state index >= 15 is 0 Å². The van der Waals surface area contributed by atoms with Crippen LogP contribution in [0.15, 0.2) is 36.5 Å². The third-order valence-electron chi connectivity index (χ3n) is 2.61. The van der Waals surface area contributed by atoms with Crippen molar-refractivity contribution in [2.45, 2.75) is 13.8 Å². The second kappa shape index (κ2) is 4.87. The molecule has 0 aliphatic heterocycles. The van der Waals surface area contributed by atoms with Crippen LogP contribution in [0.25, 0.3) is 11.1 Å². The van der Waals surface area contributed by atoms with Gasteiger partial charge in [0.05, 0.1) is 6.61 Å². The lowest BCUT2D eigenvalue weighted by atomic mass is 10.0. The molecule has 2 aromatic rings. The molecule has 3 heteroatoms. The normalized spacial score (nSPS) is 10.2. The Kier molecular flexibility index (Phi) is 3.28. The van der Waals surface area contributed by atoms with E-state index in [1.807, 2.05) is 31.2 Å². The van der Waals surface area contributed by atoms with Crippen molar-refractivity contribution in [1.82, 2.24) is 4.98 Å². The lowest BCUT2D eigenvalue weighted by Crippen LogP contribution is -1.94. The molecule has 1 aromatic heterocycles. The Hall–Kier alpha value is -2.03. The van der Waals surface area contributed by atoms with E-state index in [4.69, 9.17) is 10.5 Å². The Morgan fingerprint density at radius 1 is 1.24 bits per heavy atom. The van der Waals surface area contributed by atoms with Gasteiger partial charge in [-0.1, -0.05) is 6.07 Å². The van der Waals surface area contributed by atoms with E-state index in [9.17, 15) is 0 Å². The molecule has 0 bridgehead atoms. The lowest BCUT2D eigenvalue weighted by molar-refractivity contribution is 0.340. The number of nitrogen functional groups attached to an aromatic ring is 1. The largest absolute Gasteiger partial charge is 0.494 e. The topological polar surface area (TPSA) is 48.1 Å². The van der Waals surface area contributed by atoms with Crippen molar-refractivity contribution < 1.29 is 4.74 Å². The predicted octanol–water partition coefficient (Wildman–Crippen LogP) is 3.04. The van der Waals surface area contributed by atoms with Crippen LogP contribution in [-0.2, 0) is 0 Å². The summed E-state index contributed by atoms with van der Waals surface area (Å²) in [4.78, 5) is 4.00. The molecule has 0 atom stereocenters. The maximum absolute atomic E-state index is 5.70. The summed E-state index contributed by atoms with van der Waals surface area (Å²) < 4.78 is 5.51. The SMILES string of the molecule is CCOc1ccc(C)c(-c2ccnc(N)c2)c1. The number of nitrogens with two attached hydrogens (primary N) is 1. The second-order valence-electron chi connectivity index (χ2n) is 3.88. The van der Waals surface area contributed by atoms with Crippen LogP contribution in [0.5, 0.6) is 5.75 Å². The first-order valence-corrected chi connectivity index (χ1v) is 5.66. The molecule has 2 N–H and O–H groups in total. The molecule has 0 aliphatic rings. The number of hydrogen-bond donors (Lipinski definition) is 1. The van der Waals surface area contributed by atoms with E-state index in [0.29, 0.717) is 12.4 Å². The van der Waals surface area contributed by atoms with E-state index in [1.54, 1.807) is 6.20 Å². The third kappa shape index (κ3) is 2.56. The number of aromatic nitrogens is 1. The van der Waals surface area contributed by atoms with Crippen molar-refractivity contribution in [3.05, 3.63) is 42.1 Å². The summed E-state index contributed by atoms with van der Waals surface area (Å²) in [6.45, 7) is 4.71. The van der Waals surface area contributed by atoms with Crippen LogP contribution in [-0.4, -0.2) is 11.6 Å². The van der Waals surface area contributed by atoms with E-state index in [2.05, 4.69) is 18.0 Å². The van der Waals surface area contributed by atoms with Gasteiger partial charge in [0.2, 0.25) is 0 Å². The van der Waals surface area contributed by atoms with Gasteiger partial charge in [0.25, 0.3) is 0 Å². The van der Waals surface area contributed by atoms with Crippen LogP contribution >= 0.6 is 0 Å². The van der Waals surface area contributed by atoms with E-state index < -0.39 is 0 Å². The molecule has 2 rings (SSSR count). The van der Waals surface area contributed by atoms with Crippen molar-refractivity contribution in [3.8, 4) is 16.9 Å². The number of ether oxygens (including phenoxy) is 1. The van der Waals surface area contributed by atoms with Crippen LogP contribution in [0.2, 0.25) is 0 Å². The Morgan fingerprint density at radius 3 is 2.76 bits per heavy atom. The lowest BCUT2D eigenvalue weighted by Gasteiger charge is -2.10. The summed E-state index contributed by atoms with van der Waals surface area (Å²) in [6, 6.07) is 9.89. The van der Waals surface area contributed by atoms with Gasteiger partial charge in [-0.2, -0.15) is 0 Å². The Morgan fingerprint density at radius 2 is 2.06 bits per heavy atom. The highest BCUT2D eigenvalue weighted by atomic mass is 16.5. The van der Waals surface area contributed by atoms with Crippen LogP contribution in [0.3, 0.4) is 0 Å². The van der Waals surface area contributed by atoms with Crippen molar-refractivity contribution in [2.75, 3.05) is 12.3 Å². The van der Waals surface area contributed by atoms with Crippen LogP contribution in [0.4, 0.5) is 5.82 Å². The zero-order valence-electron chi connectivity index (χ0n) is 10.1. The highest BCUT2D eigenvalue weighted by Crippen LogP contribution is 2.28. The minimum absolute atomic E-state index is 0.531. The maximum atomic E-state index is 5.70. The summed E-state index contributed by atoms with van der Waals surface area (Å²) in [5, 5.41) is 0. The smallest absolute Gasteiger partial charge is 0.123 e. The number of anilines is 1.